The molecule has 0 amide bonds. The Kier molecular flexibility index (Phi) is 5.44. The van der Waals surface area contributed by atoms with Crippen molar-refractivity contribution in [1.82, 2.24) is 4.90 Å². The van der Waals surface area contributed by atoms with Gasteiger partial charge in [-0.1, -0.05) is 56.7 Å². The Labute approximate surface area is 159 Å². The molecule has 2 aliphatic heterocycles. The van der Waals surface area contributed by atoms with Gasteiger partial charge in [0, 0.05) is 24.7 Å². The van der Waals surface area contributed by atoms with Crippen LogP contribution in [0.3, 0.4) is 0 Å². The number of piperidine rings is 1. The largest absolute Gasteiger partial charge is 0.412 e. The van der Waals surface area contributed by atoms with Crippen LogP contribution in [0, 0.1) is 11.3 Å². The third-order valence-corrected chi connectivity index (χ3v) is 11.0. The van der Waals surface area contributed by atoms with Gasteiger partial charge in [-0.25, -0.2) is 0 Å². The first kappa shape index (κ1) is 19.4. The van der Waals surface area contributed by atoms with Crippen LogP contribution in [0.4, 0.5) is 0 Å². The van der Waals surface area contributed by atoms with E-state index in [0.717, 1.165) is 25.8 Å². The van der Waals surface area contributed by atoms with Crippen LogP contribution in [0.2, 0.25) is 18.1 Å². The van der Waals surface area contributed by atoms with E-state index in [1.165, 1.54) is 11.1 Å². The van der Waals surface area contributed by atoms with Crippen LogP contribution in [-0.4, -0.2) is 31.4 Å². The molecule has 0 aliphatic carbocycles. The molecule has 2 bridgehead atoms. The van der Waals surface area contributed by atoms with Crippen LogP contribution < -0.4 is 0 Å². The summed E-state index contributed by atoms with van der Waals surface area (Å²) in [7, 11) is -1.80. The second kappa shape index (κ2) is 7.30. The summed E-state index contributed by atoms with van der Waals surface area (Å²) >= 11 is 0. The van der Waals surface area contributed by atoms with Crippen molar-refractivity contribution in [2.45, 2.75) is 82.9 Å². The normalized spacial score (nSPS) is 28.3. The molecule has 0 saturated carbocycles. The highest BCUT2D eigenvalue weighted by Gasteiger charge is 2.49. The highest BCUT2D eigenvalue weighted by molar-refractivity contribution is 6.74. The van der Waals surface area contributed by atoms with Crippen molar-refractivity contribution in [3.05, 3.63) is 47.5 Å². The van der Waals surface area contributed by atoms with Crippen LogP contribution >= 0.6 is 0 Å². The molecular weight excluding hydrogens is 336 g/mol. The highest BCUT2D eigenvalue weighted by atomic mass is 28.4. The summed E-state index contributed by atoms with van der Waals surface area (Å²) in [6.45, 7) is 12.6. The predicted octanol–water partition coefficient (Wildman–Crippen LogP) is 5.26. The van der Waals surface area contributed by atoms with Crippen molar-refractivity contribution in [1.29, 1.82) is 5.26 Å². The molecule has 1 aromatic carbocycles. The first-order valence-electron chi connectivity index (χ1n) is 9.76. The lowest BCUT2D eigenvalue weighted by atomic mass is 9.95. The molecule has 3 atom stereocenters. The molecule has 0 spiro atoms. The van der Waals surface area contributed by atoms with Crippen LogP contribution in [0.5, 0.6) is 0 Å². The van der Waals surface area contributed by atoms with Gasteiger partial charge in [0.2, 0.25) is 0 Å². The molecule has 0 N–H and O–H groups in total. The molecule has 1 aromatic rings. The lowest BCUT2D eigenvalue weighted by Crippen LogP contribution is -2.48. The minimum Gasteiger partial charge on any atom is -0.412 e. The maximum absolute atomic E-state index is 9.11. The molecule has 3 rings (SSSR count). The number of nitriles is 1. The summed E-state index contributed by atoms with van der Waals surface area (Å²) in [5, 5.41) is 9.33. The minimum atomic E-state index is -1.80. The lowest BCUT2D eigenvalue weighted by Gasteiger charge is -2.41. The summed E-state index contributed by atoms with van der Waals surface area (Å²) in [5.74, 6) is 0. The SMILES string of the molecule is CC(C)(C)[Si](C)(C)OC1CC2C/C(=C\C#N)CC1N2Cc1ccccc1. The van der Waals surface area contributed by atoms with E-state index in [4.69, 9.17) is 9.69 Å². The van der Waals surface area contributed by atoms with E-state index < -0.39 is 8.32 Å². The van der Waals surface area contributed by atoms with Crippen molar-refractivity contribution < 1.29 is 4.43 Å². The summed E-state index contributed by atoms with van der Waals surface area (Å²) in [6.07, 6.45) is 5.13. The molecule has 2 heterocycles. The monoisotopic (exact) mass is 368 g/mol. The van der Waals surface area contributed by atoms with Crippen LogP contribution in [0.25, 0.3) is 0 Å². The zero-order valence-electron chi connectivity index (χ0n) is 16.8. The summed E-state index contributed by atoms with van der Waals surface area (Å²) < 4.78 is 6.86. The predicted molar refractivity (Wildman–Crippen MR) is 109 cm³/mol. The fourth-order valence-electron chi connectivity index (χ4n) is 4.08. The van der Waals surface area contributed by atoms with Gasteiger partial charge in [-0.3, -0.25) is 4.90 Å². The van der Waals surface area contributed by atoms with Gasteiger partial charge in [0.05, 0.1) is 12.2 Å². The number of fused-ring (bicyclic) bond motifs is 2. The third kappa shape index (κ3) is 3.96. The van der Waals surface area contributed by atoms with E-state index in [9.17, 15) is 0 Å². The quantitative estimate of drug-likeness (QED) is 0.537. The van der Waals surface area contributed by atoms with Gasteiger partial charge in [-0.15, -0.1) is 0 Å². The van der Waals surface area contributed by atoms with Crippen LogP contribution in [0.15, 0.2) is 42.0 Å². The van der Waals surface area contributed by atoms with Gasteiger partial charge in [-0.05, 0) is 43.0 Å². The average Bonchev–Trinajstić information content (AvgIpc) is 2.74. The standard InChI is InChI=1S/C22H32N2OSi/c1-22(2,3)26(4,5)25-21-15-19-13-18(11-12-23)14-20(21)24(19)16-17-9-7-6-8-10-17/h6-11,19-21H,13-16H2,1-5H3/b18-11+. The van der Waals surface area contributed by atoms with Crippen molar-refractivity contribution in [2.24, 2.45) is 0 Å². The second-order valence-corrected chi connectivity index (χ2v) is 14.1. The summed E-state index contributed by atoms with van der Waals surface area (Å²) in [6, 6.07) is 13.9. The van der Waals surface area contributed by atoms with Crippen molar-refractivity contribution in [2.75, 3.05) is 0 Å². The molecule has 0 radical (unpaired) electrons. The molecule has 3 unspecified atom stereocenters. The van der Waals surface area contributed by atoms with Gasteiger partial charge in [-0.2, -0.15) is 5.26 Å². The molecule has 140 valence electrons. The van der Waals surface area contributed by atoms with Crippen LogP contribution in [-0.2, 0) is 11.0 Å². The van der Waals surface area contributed by atoms with E-state index in [-0.39, 0.29) is 11.1 Å². The van der Waals surface area contributed by atoms with E-state index in [1.807, 2.05) is 0 Å². The molecule has 4 heteroatoms. The Bertz CT molecular complexity index is 699. The molecule has 0 aromatic heterocycles. The Hall–Kier alpha value is -1.41. The van der Waals surface area contributed by atoms with Gasteiger partial charge in [0.15, 0.2) is 8.32 Å². The van der Waals surface area contributed by atoms with Gasteiger partial charge in [0.25, 0.3) is 0 Å². The smallest absolute Gasteiger partial charge is 0.192 e. The maximum Gasteiger partial charge on any atom is 0.192 e. The van der Waals surface area contributed by atoms with Gasteiger partial charge in [0.1, 0.15) is 0 Å². The maximum atomic E-state index is 9.11. The molecule has 2 fully saturated rings. The van der Waals surface area contributed by atoms with Gasteiger partial charge >= 0.3 is 0 Å². The molecule has 2 aliphatic rings. The van der Waals surface area contributed by atoms with E-state index in [0.29, 0.717) is 12.1 Å². The van der Waals surface area contributed by atoms with Crippen molar-refractivity contribution in [3.63, 3.8) is 0 Å². The molecular formula is C22H32N2OSi. The Balaban J connectivity index is 1.82. The Morgan fingerprint density at radius 1 is 1.23 bits per heavy atom. The number of rotatable bonds is 4. The molecule has 26 heavy (non-hydrogen) atoms. The summed E-state index contributed by atoms with van der Waals surface area (Å²) in [4.78, 5) is 2.64. The lowest BCUT2D eigenvalue weighted by molar-refractivity contribution is 0.0984. The molecule has 3 nitrogen and oxygen atoms in total. The second-order valence-electron chi connectivity index (χ2n) is 9.37. The fourth-order valence-corrected chi connectivity index (χ4v) is 5.44. The van der Waals surface area contributed by atoms with Crippen molar-refractivity contribution >= 4 is 8.32 Å². The van der Waals surface area contributed by atoms with Crippen molar-refractivity contribution in [3.8, 4) is 6.07 Å². The Morgan fingerprint density at radius 3 is 2.54 bits per heavy atom. The number of benzene rings is 1. The number of hydrogen-bond donors (Lipinski definition) is 0. The third-order valence-electron chi connectivity index (χ3n) is 6.53. The van der Waals surface area contributed by atoms with E-state index in [2.05, 4.69) is 75.2 Å². The van der Waals surface area contributed by atoms with Crippen LogP contribution in [0.1, 0.15) is 45.6 Å². The van der Waals surface area contributed by atoms with E-state index >= 15 is 0 Å². The fraction of sp³-hybridized carbons (Fsp3) is 0.591. The average molecular weight is 369 g/mol. The minimum absolute atomic E-state index is 0.222. The number of nitrogens with zero attached hydrogens (tertiary/aromatic N) is 2. The van der Waals surface area contributed by atoms with Gasteiger partial charge < -0.3 is 4.43 Å². The number of hydrogen-bond acceptors (Lipinski definition) is 3. The first-order chi connectivity index (χ1) is 12.2. The molecule has 2 saturated heterocycles. The Morgan fingerprint density at radius 2 is 1.92 bits per heavy atom. The number of allylic oxidation sites excluding steroid dienone is 1. The first-order valence-corrected chi connectivity index (χ1v) is 12.7. The zero-order chi connectivity index (χ0) is 18.9. The highest BCUT2D eigenvalue weighted by Crippen LogP contribution is 2.45. The zero-order valence-corrected chi connectivity index (χ0v) is 17.8. The summed E-state index contributed by atoms with van der Waals surface area (Å²) in [5.41, 5.74) is 2.66. The topological polar surface area (TPSA) is 36.3 Å². The van der Waals surface area contributed by atoms with E-state index in [1.54, 1.807) is 6.08 Å².